The van der Waals surface area contributed by atoms with Gasteiger partial charge in [-0.1, -0.05) is 17.6 Å². The lowest BCUT2D eigenvalue weighted by Crippen LogP contribution is -2.20. The lowest BCUT2D eigenvalue weighted by Gasteiger charge is -2.10. The maximum Gasteiger partial charge on any atom is 0.707 e. The highest BCUT2D eigenvalue weighted by Gasteiger charge is 2.16. The summed E-state index contributed by atoms with van der Waals surface area (Å²) in [5.74, 6) is -0.565. The molecule has 1 aromatic carbocycles. The van der Waals surface area contributed by atoms with E-state index in [9.17, 15) is 0 Å². The van der Waals surface area contributed by atoms with Crippen molar-refractivity contribution in [3.63, 3.8) is 0 Å². The maximum absolute atomic E-state index is 8.64. The monoisotopic (exact) mass is 205 g/mol. The summed E-state index contributed by atoms with van der Waals surface area (Å²) < 4.78 is 31.6. The summed E-state index contributed by atoms with van der Waals surface area (Å²) in [6.45, 7) is 0. The molecule has 0 fully saturated rings. The molecule has 0 aliphatic heterocycles. The van der Waals surface area contributed by atoms with Crippen molar-refractivity contribution in [1.82, 2.24) is 0 Å². The minimum atomic E-state index is -2.16. The Kier molecular flexibility index (Phi) is 2.19. The molecule has 70 valence electrons. The summed E-state index contributed by atoms with van der Waals surface area (Å²) in [4.78, 5) is 0. The second kappa shape index (κ2) is 4.36. The Morgan fingerprint density at radius 2 is 2.23 bits per heavy atom. The van der Waals surface area contributed by atoms with E-state index in [0.717, 1.165) is 0 Å². The van der Waals surface area contributed by atoms with Gasteiger partial charge in [0.2, 0.25) is 0 Å². The third-order valence-electron chi connectivity index (χ3n) is 1.18. The lowest BCUT2D eigenvalue weighted by atomic mass is 10.2. The third kappa shape index (κ3) is 2.52. The fourth-order valence-corrected chi connectivity index (χ4v) is 0.937. The largest absolute Gasteiger partial charge is 0.707 e. The zero-order chi connectivity index (χ0) is 12.5. The van der Waals surface area contributed by atoms with E-state index < -0.39 is 19.4 Å². The van der Waals surface area contributed by atoms with Crippen LogP contribution in [0.4, 0.5) is 0 Å². The third-order valence-corrected chi connectivity index (χ3v) is 1.45. The van der Waals surface area contributed by atoms with Crippen LogP contribution < -0.4 is 9.39 Å². The van der Waals surface area contributed by atoms with E-state index in [1.54, 1.807) is 0 Å². The van der Waals surface area contributed by atoms with Crippen LogP contribution in [-0.4, -0.2) is 24.5 Å². The highest BCUT2D eigenvalue weighted by atomic mass is 35.5. The van der Waals surface area contributed by atoms with Crippen LogP contribution >= 0.6 is 11.6 Å². The predicted octanol–water partition coefficient (Wildman–Crippen LogP) is 0.697. The number of hydrogen-bond donors (Lipinski definition) is 2. The number of rotatable bonds is 3. The molecule has 6 heteroatoms. The highest BCUT2D eigenvalue weighted by molar-refractivity contribution is 6.34. The molecule has 0 spiro atoms. The minimum absolute atomic E-state index is 0.180. The first-order chi connectivity index (χ1) is 7.40. The molecule has 0 saturated carbocycles. The first-order valence-corrected chi connectivity index (χ1v) is 3.64. The van der Waals surface area contributed by atoms with Crippen LogP contribution in [0.25, 0.3) is 0 Å². The van der Waals surface area contributed by atoms with E-state index in [1.165, 1.54) is 7.11 Å². The molecule has 0 saturated heterocycles. The number of para-hydroxylation sites is 1. The zero-order valence-corrected chi connectivity index (χ0v) is 7.42. The molecule has 13 heavy (non-hydrogen) atoms. The molecular weight excluding hydrogens is 194 g/mol. The van der Waals surface area contributed by atoms with Crippen molar-refractivity contribution in [2.45, 2.75) is 0 Å². The summed E-state index contributed by atoms with van der Waals surface area (Å²) in [5.41, 5.74) is 0. The van der Waals surface area contributed by atoms with Gasteiger partial charge in [0, 0.05) is 0 Å². The average molecular weight is 205 g/mol. The number of ether oxygens (including phenoxy) is 1. The van der Waals surface area contributed by atoms with E-state index in [4.69, 9.17) is 30.5 Å². The molecule has 1 aromatic rings. The summed E-state index contributed by atoms with van der Waals surface area (Å²) in [6, 6.07) is -1.37. The zero-order valence-electron chi connectivity index (χ0n) is 9.67. The number of methoxy groups -OCH3 is 1. The fourth-order valence-electron chi connectivity index (χ4n) is 0.727. The highest BCUT2D eigenvalue weighted by Crippen LogP contribution is 2.34. The summed E-state index contributed by atoms with van der Waals surface area (Å²) in [5, 5.41) is 17.1. The average Bonchev–Trinajstić information content (AvgIpc) is 2.23. The second-order valence-electron chi connectivity index (χ2n) is 2.00. The molecule has 1 rings (SSSR count). The van der Waals surface area contributed by atoms with Crippen molar-refractivity contribution in [1.29, 1.82) is 0 Å². The van der Waals surface area contributed by atoms with Gasteiger partial charge >= 0.3 is 7.32 Å². The molecule has 0 unspecified atom stereocenters. The van der Waals surface area contributed by atoms with Crippen LogP contribution in [-0.2, 0) is 0 Å². The topological polar surface area (TPSA) is 58.9 Å². The normalized spacial score (nSPS) is 12.8. The fraction of sp³-hybridized carbons (Fsp3) is 0.143. The standard InChI is InChI=1S/C7H8BClO4/c1-12-7-5(9)3-2-4-6(7)13-8(10)11/h2-4,10-11H,1H3/i2D,3D,4D. The van der Waals surface area contributed by atoms with Gasteiger partial charge in [0.25, 0.3) is 0 Å². The summed E-state index contributed by atoms with van der Waals surface area (Å²) in [6.07, 6.45) is 0. The van der Waals surface area contributed by atoms with Crippen molar-refractivity contribution >= 4 is 18.9 Å². The van der Waals surface area contributed by atoms with Gasteiger partial charge in [0.05, 0.1) is 16.2 Å². The molecule has 0 bridgehead atoms. The van der Waals surface area contributed by atoms with Crippen molar-refractivity contribution in [3.8, 4) is 11.5 Å². The van der Waals surface area contributed by atoms with Crippen molar-refractivity contribution in [2.24, 2.45) is 0 Å². The summed E-state index contributed by atoms with van der Waals surface area (Å²) in [7, 11) is -0.939. The van der Waals surface area contributed by atoms with Gasteiger partial charge in [-0.15, -0.1) is 0 Å². The first kappa shape index (κ1) is 6.53. The van der Waals surface area contributed by atoms with Crippen LogP contribution in [0, 0.1) is 0 Å². The molecule has 0 aliphatic carbocycles. The molecule has 0 aliphatic rings. The maximum atomic E-state index is 8.64. The smallest absolute Gasteiger partial charge is 0.509 e. The van der Waals surface area contributed by atoms with Crippen LogP contribution in [0.15, 0.2) is 18.1 Å². The van der Waals surface area contributed by atoms with Gasteiger partial charge in [0.15, 0.2) is 5.75 Å². The van der Waals surface area contributed by atoms with Gasteiger partial charge in [0.1, 0.15) is 5.75 Å². The Labute approximate surface area is 85.1 Å². The van der Waals surface area contributed by atoms with Gasteiger partial charge in [-0.05, 0) is 12.1 Å². The number of hydrogen-bond acceptors (Lipinski definition) is 4. The molecule has 0 heterocycles. The Balaban J connectivity index is 3.44. The second-order valence-corrected chi connectivity index (χ2v) is 2.37. The Bertz CT molecular complexity index is 415. The summed E-state index contributed by atoms with van der Waals surface area (Å²) >= 11 is 5.70. The quantitative estimate of drug-likeness (QED) is 0.713. The van der Waals surface area contributed by atoms with Gasteiger partial charge in [-0.25, -0.2) is 0 Å². The number of halogens is 1. The van der Waals surface area contributed by atoms with E-state index in [1.807, 2.05) is 0 Å². The van der Waals surface area contributed by atoms with Crippen LogP contribution in [0.1, 0.15) is 4.11 Å². The van der Waals surface area contributed by atoms with Crippen molar-refractivity contribution in [3.05, 3.63) is 23.1 Å². The predicted molar refractivity (Wildman–Crippen MR) is 48.8 cm³/mol. The van der Waals surface area contributed by atoms with Gasteiger partial charge < -0.3 is 19.4 Å². The number of benzene rings is 1. The molecule has 0 aromatic heterocycles. The van der Waals surface area contributed by atoms with E-state index in [0.29, 0.717) is 0 Å². The van der Waals surface area contributed by atoms with E-state index >= 15 is 0 Å². The van der Waals surface area contributed by atoms with Gasteiger partial charge in [-0.3, -0.25) is 0 Å². The molecule has 0 atom stereocenters. The van der Waals surface area contributed by atoms with Crippen LogP contribution in [0.5, 0.6) is 11.5 Å². The Morgan fingerprint density at radius 1 is 1.54 bits per heavy atom. The molecule has 2 N–H and O–H groups in total. The Hall–Kier alpha value is -0.905. The molecule has 0 radical (unpaired) electrons. The first-order valence-electron chi connectivity index (χ1n) is 4.76. The molecule has 4 nitrogen and oxygen atoms in total. The minimum Gasteiger partial charge on any atom is -0.509 e. The van der Waals surface area contributed by atoms with Crippen molar-refractivity contribution in [2.75, 3.05) is 7.11 Å². The molecule has 0 amide bonds. The Morgan fingerprint density at radius 3 is 2.77 bits per heavy atom. The SMILES string of the molecule is [2H]c1c([2H])c(Cl)c(OC)c(OB(O)O)c1[2H]. The lowest BCUT2D eigenvalue weighted by molar-refractivity contribution is 0.279. The van der Waals surface area contributed by atoms with Crippen molar-refractivity contribution < 1.29 is 23.6 Å². The van der Waals surface area contributed by atoms with Crippen LogP contribution in [0.3, 0.4) is 0 Å². The van der Waals surface area contributed by atoms with Crippen LogP contribution in [0.2, 0.25) is 5.02 Å². The van der Waals surface area contributed by atoms with E-state index in [-0.39, 0.29) is 22.6 Å². The van der Waals surface area contributed by atoms with E-state index in [2.05, 4.69) is 4.65 Å². The van der Waals surface area contributed by atoms with Gasteiger partial charge in [-0.2, -0.15) is 0 Å². The molecular formula is C7H8BClO4.